The van der Waals surface area contributed by atoms with Crippen molar-refractivity contribution in [2.24, 2.45) is 0 Å². The minimum atomic E-state index is -0.0511. The van der Waals surface area contributed by atoms with Crippen molar-refractivity contribution in [1.29, 1.82) is 0 Å². The highest BCUT2D eigenvalue weighted by Gasteiger charge is 2.06. The van der Waals surface area contributed by atoms with Crippen molar-refractivity contribution in [3.05, 3.63) is 30.0 Å². The van der Waals surface area contributed by atoms with Gasteiger partial charge in [0.05, 0.1) is 11.7 Å². The number of carbonyl (C=O) groups excluding carboxylic acids is 1. The molecule has 0 bridgehead atoms. The normalized spacial score (nSPS) is 10.7. The van der Waals surface area contributed by atoms with Crippen molar-refractivity contribution in [3.63, 3.8) is 0 Å². The molecule has 0 saturated heterocycles. The second-order valence-corrected chi connectivity index (χ2v) is 4.18. The molecule has 2 aromatic rings. The molecule has 96 valence electrons. The lowest BCUT2D eigenvalue weighted by Gasteiger charge is -2.06. The van der Waals surface area contributed by atoms with Gasteiger partial charge in [-0.25, -0.2) is 0 Å². The summed E-state index contributed by atoms with van der Waals surface area (Å²) in [4.78, 5) is 11.9. The Kier molecular flexibility index (Phi) is 4.30. The summed E-state index contributed by atoms with van der Waals surface area (Å²) in [6, 6.07) is 5.52. The second kappa shape index (κ2) is 6.16. The fourth-order valence-corrected chi connectivity index (χ4v) is 1.75. The molecule has 1 heterocycles. The van der Waals surface area contributed by atoms with E-state index in [9.17, 15) is 4.79 Å². The Bertz CT molecular complexity index is 520. The smallest absolute Gasteiger partial charge is 0.251 e. The summed E-state index contributed by atoms with van der Waals surface area (Å²) in [5.74, 6) is -0.0511. The van der Waals surface area contributed by atoms with Crippen LogP contribution >= 0.6 is 0 Å². The maximum Gasteiger partial charge on any atom is 0.251 e. The molecular weight excluding hydrogens is 228 g/mol. The van der Waals surface area contributed by atoms with Crippen LogP contribution in [0.5, 0.6) is 0 Å². The largest absolute Gasteiger partial charge is 0.351 e. The molecule has 2 rings (SSSR count). The van der Waals surface area contributed by atoms with Crippen LogP contribution in [0.25, 0.3) is 10.9 Å². The van der Waals surface area contributed by atoms with Crippen molar-refractivity contribution in [2.45, 2.75) is 13.3 Å². The summed E-state index contributed by atoms with van der Waals surface area (Å²) >= 11 is 0. The van der Waals surface area contributed by atoms with E-state index in [4.69, 9.17) is 0 Å². The first kappa shape index (κ1) is 12.6. The van der Waals surface area contributed by atoms with Crippen LogP contribution in [0.1, 0.15) is 23.7 Å². The first-order valence-electron chi connectivity index (χ1n) is 6.23. The average molecular weight is 246 g/mol. The van der Waals surface area contributed by atoms with Gasteiger partial charge in [-0.05, 0) is 25.1 Å². The highest BCUT2D eigenvalue weighted by Crippen LogP contribution is 2.12. The molecule has 0 fully saturated rings. The molecule has 0 unspecified atom stereocenters. The number of nitrogens with one attached hydrogen (secondary N) is 3. The SMILES string of the molecule is CCCNCCNC(=O)c1ccc2cn[nH]c2c1. The van der Waals surface area contributed by atoms with Crippen LogP contribution in [0.2, 0.25) is 0 Å². The Hall–Kier alpha value is -1.88. The molecule has 0 saturated carbocycles. The van der Waals surface area contributed by atoms with Crippen molar-refractivity contribution in [1.82, 2.24) is 20.8 Å². The van der Waals surface area contributed by atoms with Crippen LogP contribution < -0.4 is 10.6 Å². The third-order valence-corrected chi connectivity index (χ3v) is 2.72. The predicted octanol–water partition coefficient (Wildman–Crippen LogP) is 1.29. The molecule has 0 aliphatic rings. The van der Waals surface area contributed by atoms with E-state index >= 15 is 0 Å². The zero-order chi connectivity index (χ0) is 12.8. The highest BCUT2D eigenvalue weighted by molar-refractivity contribution is 5.97. The molecule has 0 aliphatic carbocycles. The van der Waals surface area contributed by atoms with Crippen LogP contribution in [0, 0.1) is 0 Å². The molecule has 1 aromatic carbocycles. The van der Waals surface area contributed by atoms with E-state index in [0.29, 0.717) is 12.1 Å². The molecular formula is C13H18N4O. The summed E-state index contributed by atoms with van der Waals surface area (Å²) in [5, 5.41) is 13.9. The molecule has 5 nitrogen and oxygen atoms in total. The molecule has 18 heavy (non-hydrogen) atoms. The zero-order valence-corrected chi connectivity index (χ0v) is 10.5. The van der Waals surface area contributed by atoms with Gasteiger partial charge in [0.25, 0.3) is 5.91 Å². The maximum atomic E-state index is 11.9. The molecule has 1 aromatic heterocycles. The number of H-pyrrole nitrogens is 1. The number of carbonyl (C=O) groups is 1. The summed E-state index contributed by atoms with van der Waals surface area (Å²) in [5.41, 5.74) is 1.54. The van der Waals surface area contributed by atoms with Gasteiger partial charge < -0.3 is 10.6 Å². The lowest BCUT2D eigenvalue weighted by Crippen LogP contribution is -2.32. The number of aromatic nitrogens is 2. The number of aromatic amines is 1. The second-order valence-electron chi connectivity index (χ2n) is 4.18. The predicted molar refractivity (Wildman–Crippen MR) is 71.6 cm³/mol. The summed E-state index contributed by atoms with van der Waals surface area (Å²) in [6.07, 6.45) is 2.84. The number of hydrogen-bond donors (Lipinski definition) is 3. The van der Waals surface area contributed by atoms with Crippen LogP contribution in [0.3, 0.4) is 0 Å². The van der Waals surface area contributed by atoms with E-state index in [2.05, 4.69) is 27.8 Å². The van der Waals surface area contributed by atoms with Crippen LogP contribution in [0.15, 0.2) is 24.4 Å². The molecule has 1 amide bonds. The fourth-order valence-electron chi connectivity index (χ4n) is 1.75. The number of amides is 1. The van der Waals surface area contributed by atoms with E-state index in [1.165, 1.54) is 0 Å². The molecule has 3 N–H and O–H groups in total. The van der Waals surface area contributed by atoms with Crippen molar-refractivity contribution >= 4 is 16.8 Å². The highest BCUT2D eigenvalue weighted by atomic mass is 16.1. The van der Waals surface area contributed by atoms with E-state index in [1.807, 2.05) is 18.2 Å². The van der Waals surface area contributed by atoms with Crippen LogP contribution in [0.4, 0.5) is 0 Å². The maximum absolute atomic E-state index is 11.9. The number of fused-ring (bicyclic) bond motifs is 1. The Morgan fingerprint density at radius 3 is 3.06 bits per heavy atom. The minimum Gasteiger partial charge on any atom is -0.351 e. The average Bonchev–Trinajstić information content (AvgIpc) is 2.85. The summed E-state index contributed by atoms with van der Waals surface area (Å²) < 4.78 is 0. The summed E-state index contributed by atoms with van der Waals surface area (Å²) in [7, 11) is 0. The van der Waals surface area contributed by atoms with Gasteiger partial charge in [0, 0.05) is 24.0 Å². The Balaban J connectivity index is 1.88. The number of rotatable bonds is 6. The number of nitrogens with zero attached hydrogens (tertiary/aromatic N) is 1. The monoisotopic (exact) mass is 246 g/mol. The summed E-state index contributed by atoms with van der Waals surface area (Å²) in [6.45, 7) is 4.53. The van der Waals surface area contributed by atoms with E-state index in [1.54, 1.807) is 6.20 Å². The Morgan fingerprint density at radius 2 is 2.22 bits per heavy atom. The third kappa shape index (κ3) is 3.07. The van der Waals surface area contributed by atoms with E-state index < -0.39 is 0 Å². The van der Waals surface area contributed by atoms with Crippen LogP contribution in [-0.2, 0) is 0 Å². The van der Waals surface area contributed by atoms with Crippen molar-refractivity contribution in [3.8, 4) is 0 Å². The molecule has 0 radical (unpaired) electrons. The van der Waals surface area contributed by atoms with E-state index in [-0.39, 0.29) is 5.91 Å². The van der Waals surface area contributed by atoms with Gasteiger partial charge >= 0.3 is 0 Å². The molecule has 0 spiro atoms. The van der Waals surface area contributed by atoms with Crippen LogP contribution in [-0.4, -0.2) is 35.7 Å². The van der Waals surface area contributed by atoms with Gasteiger partial charge in [0.2, 0.25) is 0 Å². The standard InChI is InChI=1S/C13H18N4O/c1-2-5-14-6-7-15-13(18)10-3-4-11-9-16-17-12(11)8-10/h3-4,8-9,14H,2,5-7H2,1H3,(H,15,18)(H,16,17). The van der Waals surface area contributed by atoms with Crippen molar-refractivity contribution < 1.29 is 4.79 Å². The fraction of sp³-hybridized carbons (Fsp3) is 0.385. The van der Waals surface area contributed by atoms with Gasteiger partial charge in [-0.3, -0.25) is 9.89 Å². The number of benzene rings is 1. The molecule has 0 aliphatic heterocycles. The van der Waals surface area contributed by atoms with Gasteiger partial charge in [0.1, 0.15) is 0 Å². The number of hydrogen-bond acceptors (Lipinski definition) is 3. The van der Waals surface area contributed by atoms with Gasteiger partial charge in [-0.15, -0.1) is 0 Å². The lowest BCUT2D eigenvalue weighted by atomic mass is 10.1. The topological polar surface area (TPSA) is 69.8 Å². The quantitative estimate of drug-likeness (QED) is 0.673. The Morgan fingerprint density at radius 1 is 1.33 bits per heavy atom. The van der Waals surface area contributed by atoms with Gasteiger partial charge in [-0.1, -0.05) is 13.0 Å². The zero-order valence-electron chi connectivity index (χ0n) is 10.5. The molecule has 0 atom stereocenters. The third-order valence-electron chi connectivity index (χ3n) is 2.72. The minimum absolute atomic E-state index is 0.0511. The molecule has 5 heteroatoms. The van der Waals surface area contributed by atoms with E-state index in [0.717, 1.165) is 30.4 Å². The first-order chi connectivity index (χ1) is 8.81. The van der Waals surface area contributed by atoms with Crippen molar-refractivity contribution in [2.75, 3.05) is 19.6 Å². The first-order valence-corrected chi connectivity index (χ1v) is 6.23. The Labute approximate surface area is 106 Å². The van der Waals surface area contributed by atoms with Gasteiger partial charge in [0.15, 0.2) is 0 Å². The lowest BCUT2D eigenvalue weighted by molar-refractivity contribution is 0.0954. The van der Waals surface area contributed by atoms with Gasteiger partial charge in [-0.2, -0.15) is 5.10 Å².